The van der Waals surface area contributed by atoms with Crippen LogP contribution in [0.25, 0.3) is 0 Å². The average molecular weight is 463 g/mol. The van der Waals surface area contributed by atoms with Gasteiger partial charge in [-0.3, -0.25) is 4.79 Å². The summed E-state index contributed by atoms with van der Waals surface area (Å²) < 4.78 is 68.4. The number of halogens is 3. The number of likely N-dealkylation sites (tertiary alicyclic amines) is 1. The van der Waals surface area contributed by atoms with Crippen LogP contribution in [0.4, 0.5) is 13.2 Å². The number of oxime groups is 1. The minimum absolute atomic E-state index is 0.0264. The van der Waals surface area contributed by atoms with E-state index in [9.17, 15) is 31.6 Å². The molecule has 0 aliphatic carbocycles. The maximum atomic E-state index is 13.2. The van der Waals surface area contributed by atoms with Gasteiger partial charge in [0.1, 0.15) is 17.4 Å². The number of amidine groups is 1. The van der Waals surface area contributed by atoms with Crippen molar-refractivity contribution in [3.63, 3.8) is 0 Å². The number of nitrogens with zero attached hydrogens (tertiary/aromatic N) is 3. The number of Topliss-reactive ketones (excluding diaryl/α,β-unsaturated/α-hetero) is 1. The Morgan fingerprint density at radius 1 is 1.13 bits per heavy atom. The third-order valence-corrected chi connectivity index (χ3v) is 7.37. The monoisotopic (exact) mass is 463 g/mol. The van der Waals surface area contributed by atoms with Gasteiger partial charge in [-0.25, -0.2) is 8.42 Å². The molecule has 12 heteroatoms. The van der Waals surface area contributed by atoms with E-state index in [1.807, 2.05) is 4.90 Å². The first-order valence-corrected chi connectivity index (χ1v) is 11.4. The van der Waals surface area contributed by atoms with Crippen LogP contribution in [0.2, 0.25) is 0 Å². The lowest BCUT2D eigenvalue weighted by molar-refractivity contribution is -0.274. The highest BCUT2D eigenvalue weighted by molar-refractivity contribution is 7.89. The molecule has 0 radical (unpaired) electrons. The number of carbonyl (C=O) groups excluding carboxylic acids is 1. The van der Waals surface area contributed by atoms with Crippen LogP contribution in [0, 0.1) is 0 Å². The number of ether oxygens (including phenoxy) is 1. The van der Waals surface area contributed by atoms with E-state index < -0.39 is 28.2 Å². The van der Waals surface area contributed by atoms with Crippen molar-refractivity contribution in [1.29, 1.82) is 0 Å². The van der Waals surface area contributed by atoms with Gasteiger partial charge in [0.05, 0.1) is 4.90 Å². The van der Waals surface area contributed by atoms with E-state index >= 15 is 0 Å². The quantitative estimate of drug-likeness (QED) is 0.312. The molecule has 3 rings (SSSR count). The number of piperidine rings is 2. The van der Waals surface area contributed by atoms with E-state index in [0.717, 1.165) is 43.5 Å². The topological polar surface area (TPSA) is 99.5 Å². The number of hydrogen-bond acceptors (Lipinski definition) is 6. The van der Waals surface area contributed by atoms with Crippen LogP contribution in [-0.4, -0.2) is 66.5 Å². The molecule has 1 atom stereocenters. The summed E-state index contributed by atoms with van der Waals surface area (Å²) in [7, 11) is -4.09. The zero-order valence-electron chi connectivity index (χ0n) is 16.7. The molecule has 172 valence electrons. The second kappa shape index (κ2) is 9.43. The molecule has 0 spiro atoms. The summed E-state index contributed by atoms with van der Waals surface area (Å²) in [5, 5.41) is 12.8. The average Bonchev–Trinajstić information content (AvgIpc) is 2.71. The summed E-state index contributed by atoms with van der Waals surface area (Å²) in [4.78, 5) is 13.7. The maximum absolute atomic E-state index is 13.2. The maximum Gasteiger partial charge on any atom is 0.573 e. The predicted octanol–water partition coefficient (Wildman–Crippen LogP) is 2.97. The number of benzene rings is 1. The van der Waals surface area contributed by atoms with Crippen LogP contribution < -0.4 is 4.74 Å². The number of rotatable bonds is 5. The smallest absolute Gasteiger partial charge is 0.409 e. The normalized spacial score (nSPS) is 21.9. The summed E-state index contributed by atoms with van der Waals surface area (Å²) in [5.74, 6) is -0.300. The number of carbonyl (C=O) groups is 1. The summed E-state index contributed by atoms with van der Waals surface area (Å²) in [6.07, 6.45) is -1.88. The molecule has 0 amide bonds. The molecule has 1 aromatic rings. The number of hydrogen-bond donors (Lipinski definition) is 1. The molecule has 0 saturated carbocycles. The van der Waals surface area contributed by atoms with Gasteiger partial charge in [0.2, 0.25) is 10.0 Å². The van der Waals surface area contributed by atoms with Crippen molar-refractivity contribution in [2.45, 2.75) is 55.8 Å². The molecular weight excluding hydrogens is 439 g/mol. The summed E-state index contributed by atoms with van der Waals surface area (Å²) in [6.45, 7) is 1.33. The van der Waals surface area contributed by atoms with Gasteiger partial charge in [-0.1, -0.05) is 5.16 Å². The Morgan fingerprint density at radius 3 is 2.35 bits per heavy atom. The Morgan fingerprint density at radius 2 is 1.77 bits per heavy atom. The van der Waals surface area contributed by atoms with Crippen molar-refractivity contribution in [2.75, 3.05) is 19.6 Å². The number of alkyl halides is 3. The molecule has 2 fully saturated rings. The third kappa shape index (κ3) is 5.88. The molecule has 0 bridgehead atoms. The zero-order valence-corrected chi connectivity index (χ0v) is 17.5. The van der Waals surface area contributed by atoms with Crippen LogP contribution in [0.5, 0.6) is 5.75 Å². The summed E-state index contributed by atoms with van der Waals surface area (Å²) >= 11 is 0. The summed E-state index contributed by atoms with van der Waals surface area (Å²) in [6, 6.07) is 3.19. The second-order valence-electron chi connectivity index (χ2n) is 7.55. The van der Waals surface area contributed by atoms with Crippen LogP contribution in [0.1, 0.15) is 38.5 Å². The molecule has 2 saturated heterocycles. The lowest BCUT2D eigenvalue weighted by atomic mass is 9.99. The number of sulfonamides is 1. The van der Waals surface area contributed by atoms with Crippen molar-refractivity contribution in [3.05, 3.63) is 24.3 Å². The molecule has 31 heavy (non-hydrogen) atoms. The molecule has 0 aromatic heterocycles. The molecule has 2 aliphatic rings. The Bertz CT molecular complexity index is 913. The van der Waals surface area contributed by atoms with Crippen molar-refractivity contribution < 1.29 is 36.3 Å². The van der Waals surface area contributed by atoms with Crippen LogP contribution in [-0.2, 0) is 14.8 Å². The van der Waals surface area contributed by atoms with Crippen molar-refractivity contribution >= 4 is 21.6 Å². The largest absolute Gasteiger partial charge is 0.573 e. The Labute approximate surface area is 178 Å². The van der Waals surface area contributed by atoms with Gasteiger partial charge in [0.25, 0.3) is 0 Å². The van der Waals surface area contributed by atoms with Crippen molar-refractivity contribution in [2.24, 2.45) is 5.16 Å². The van der Waals surface area contributed by atoms with E-state index in [2.05, 4.69) is 9.89 Å². The highest BCUT2D eigenvalue weighted by atomic mass is 32.2. The SMILES string of the molecule is O=C1CCN(S(=O)(=O)c2ccc(OC(F)(F)F)cc2)C(CC(=NO)N2CCCCC2)C1. The second-order valence-corrected chi connectivity index (χ2v) is 9.44. The van der Waals surface area contributed by atoms with Gasteiger partial charge >= 0.3 is 6.36 Å². The van der Waals surface area contributed by atoms with Gasteiger partial charge < -0.3 is 14.8 Å². The van der Waals surface area contributed by atoms with Gasteiger partial charge in [-0.2, -0.15) is 4.31 Å². The molecule has 1 unspecified atom stereocenters. The third-order valence-electron chi connectivity index (χ3n) is 5.40. The minimum Gasteiger partial charge on any atom is -0.409 e. The zero-order chi connectivity index (χ0) is 22.6. The molecule has 1 N–H and O–H groups in total. The lowest BCUT2D eigenvalue weighted by Gasteiger charge is -2.36. The highest BCUT2D eigenvalue weighted by Gasteiger charge is 2.38. The van der Waals surface area contributed by atoms with Crippen LogP contribution in [0.3, 0.4) is 0 Å². The Hall–Kier alpha value is -2.34. The summed E-state index contributed by atoms with van der Waals surface area (Å²) in [5.41, 5.74) is 0. The van der Waals surface area contributed by atoms with Crippen molar-refractivity contribution in [1.82, 2.24) is 9.21 Å². The lowest BCUT2D eigenvalue weighted by Crippen LogP contribution is -2.49. The fraction of sp³-hybridized carbons (Fsp3) is 0.579. The van der Waals surface area contributed by atoms with E-state index in [-0.39, 0.29) is 36.5 Å². The van der Waals surface area contributed by atoms with Crippen molar-refractivity contribution in [3.8, 4) is 5.75 Å². The fourth-order valence-electron chi connectivity index (χ4n) is 3.92. The van der Waals surface area contributed by atoms with Gasteiger partial charge in [0.15, 0.2) is 0 Å². The molecule has 2 heterocycles. The first kappa shape index (κ1) is 23.3. The molecular formula is C19H24F3N3O5S. The highest BCUT2D eigenvalue weighted by Crippen LogP contribution is 2.29. The predicted molar refractivity (Wildman–Crippen MR) is 104 cm³/mol. The van der Waals surface area contributed by atoms with Gasteiger partial charge in [-0.15, -0.1) is 13.2 Å². The van der Waals surface area contributed by atoms with Gasteiger partial charge in [0, 0.05) is 44.9 Å². The molecule has 2 aliphatic heterocycles. The van der Waals surface area contributed by atoms with E-state index in [1.165, 1.54) is 4.31 Å². The minimum atomic E-state index is -4.88. The first-order valence-electron chi connectivity index (χ1n) is 9.95. The standard InChI is InChI=1S/C19H24F3N3O5S/c20-19(21,22)30-16-4-6-17(7-5-16)31(28,29)25-11-8-15(26)12-14(25)13-18(23-27)24-9-2-1-3-10-24/h4-7,14,27H,1-3,8-13H2. The first-order chi connectivity index (χ1) is 14.6. The van der Waals surface area contributed by atoms with Crippen LogP contribution in [0.15, 0.2) is 34.3 Å². The van der Waals surface area contributed by atoms with Gasteiger partial charge in [-0.05, 0) is 43.5 Å². The Balaban J connectivity index is 1.81. The van der Waals surface area contributed by atoms with E-state index in [0.29, 0.717) is 18.9 Å². The Kier molecular flexibility index (Phi) is 7.10. The van der Waals surface area contributed by atoms with E-state index in [4.69, 9.17) is 0 Å². The number of ketones is 1. The molecule has 1 aromatic carbocycles. The molecule has 8 nitrogen and oxygen atoms in total. The van der Waals surface area contributed by atoms with Crippen LogP contribution >= 0.6 is 0 Å². The van der Waals surface area contributed by atoms with E-state index in [1.54, 1.807) is 0 Å². The fourth-order valence-corrected chi connectivity index (χ4v) is 5.54.